The van der Waals surface area contributed by atoms with E-state index in [1.54, 1.807) is 0 Å². The van der Waals surface area contributed by atoms with E-state index < -0.39 is 11.8 Å². The Morgan fingerprint density at radius 1 is 1.06 bits per heavy atom. The predicted octanol–water partition coefficient (Wildman–Crippen LogP) is 5.42. The van der Waals surface area contributed by atoms with Crippen LogP contribution in [0, 0.1) is 10.8 Å². The normalized spacial score (nSPS) is 19.1. The van der Waals surface area contributed by atoms with E-state index in [-0.39, 0.29) is 5.41 Å². The first-order valence-corrected chi connectivity index (χ1v) is 6.74. The minimum atomic E-state index is -2.13. The van der Waals surface area contributed by atoms with E-state index in [1.807, 2.05) is 13.8 Å². The van der Waals surface area contributed by atoms with Crippen LogP contribution in [-0.4, -0.2) is 6.43 Å². The lowest BCUT2D eigenvalue weighted by Gasteiger charge is -2.34. The second-order valence-electron chi connectivity index (χ2n) is 6.00. The van der Waals surface area contributed by atoms with Crippen molar-refractivity contribution in [2.75, 3.05) is 0 Å². The minimum absolute atomic E-state index is 0.173. The largest absolute Gasteiger partial charge is 0.244 e. The molecule has 0 bridgehead atoms. The number of alkyl halides is 2. The molecule has 1 aliphatic rings. The fourth-order valence-electron chi connectivity index (χ4n) is 2.74. The molecular weight excluding hydrogens is 206 g/mol. The van der Waals surface area contributed by atoms with Crippen molar-refractivity contribution in [3.63, 3.8) is 0 Å². The zero-order chi connectivity index (χ0) is 12.2. The zero-order valence-corrected chi connectivity index (χ0v) is 11.0. The lowest BCUT2D eigenvalue weighted by molar-refractivity contribution is -0.0173. The zero-order valence-electron chi connectivity index (χ0n) is 11.0. The smallest absolute Gasteiger partial charge is 0.210 e. The Bertz CT molecular complexity index is 205. The average molecular weight is 232 g/mol. The molecule has 0 saturated heterocycles. The molecule has 0 aliphatic heterocycles. The summed E-state index contributed by atoms with van der Waals surface area (Å²) in [6.45, 7) is 6.26. The SMILES string of the molecule is CCCCCCCC(C)(C)C1(C(F)F)CC1. The molecule has 2 heteroatoms. The number of hydrogen-bond donors (Lipinski definition) is 0. The van der Waals surface area contributed by atoms with Crippen LogP contribution in [0.1, 0.15) is 72.1 Å². The molecule has 96 valence electrons. The van der Waals surface area contributed by atoms with Gasteiger partial charge in [-0.3, -0.25) is 0 Å². The molecule has 0 nitrogen and oxygen atoms in total. The van der Waals surface area contributed by atoms with Crippen LogP contribution in [0.2, 0.25) is 0 Å². The summed E-state index contributed by atoms with van der Waals surface area (Å²) >= 11 is 0. The van der Waals surface area contributed by atoms with Crippen LogP contribution >= 0.6 is 0 Å². The molecule has 0 atom stereocenters. The van der Waals surface area contributed by atoms with Gasteiger partial charge in [-0.15, -0.1) is 0 Å². The molecule has 0 amide bonds. The molecule has 0 heterocycles. The second kappa shape index (κ2) is 5.46. The summed E-state index contributed by atoms with van der Waals surface area (Å²) in [5, 5.41) is 0. The minimum Gasteiger partial charge on any atom is -0.210 e. The van der Waals surface area contributed by atoms with Crippen molar-refractivity contribution in [2.24, 2.45) is 10.8 Å². The summed E-state index contributed by atoms with van der Waals surface area (Å²) in [6, 6.07) is 0. The molecule has 0 unspecified atom stereocenters. The Morgan fingerprint density at radius 2 is 1.62 bits per heavy atom. The van der Waals surface area contributed by atoms with Crippen LogP contribution in [0.15, 0.2) is 0 Å². The van der Waals surface area contributed by atoms with E-state index in [4.69, 9.17) is 0 Å². The lowest BCUT2D eigenvalue weighted by atomic mass is 9.72. The van der Waals surface area contributed by atoms with Gasteiger partial charge < -0.3 is 0 Å². The highest BCUT2D eigenvalue weighted by atomic mass is 19.3. The summed E-state index contributed by atoms with van der Waals surface area (Å²) in [5.41, 5.74) is -0.814. The third-order valence-electron chi connectivity index (χ3n) is 4.46. The van der Waals surface area contributed by atoms with Gasteiger partial charge in [0.05, 0.1) is 0 Å². The van der Waals surface area contributed by atoms with Gasteiger partial charge in [0, 0.05) is 5.41 Å². The first-order valence-electron chi connectivity index (χ1n) is 6.74. The molecular formula is C14H26F2. The quantitative estimate of drug-likeness (QED) is 0.490. The van der Waals surface area contributed by atoms with Crippen LogP contribution < -0.4 is 0 Å². The Balaban J connectivity index is 2.29. The molecule has 1 saturated carbocycles. The average Bonchev–Trinajstić information content (AvgIpc) is 2.98. The van der Waals surface area contributed by atoms with Gasteiger partial charge in [0.15, 0.2) is 0 Å². The number of hydrogen-bond acceptors (Lipinski definition) is 0. The maximum Gasteiger partial charge on any atom is 0.244 e. The highest BCUT2D eigenvalue weighted by molar-refractivity contribution is 5.05. The third-order valence-corrected chi connectivity index (χ3v) is 4.46. The van der Waals surface area contributed by atoms with E-state index in [0.29, 0.717) is 0 Å². The fraction of sp³-hybridized carbons (Fsp3) is 1.00. The first kappa shape index (κ1) is 13.9. The van der Waals surface area contributed by atoms with Gasteiger partial charge in [0.25, 0.3) is 0 Å². The Kier molecular flexibility index (Phi) is 4.75. The molecule has 0 spiro atoms. The summed E-state index contributed by atoms with van der Waals surface area (Å²) in [5.74, 6) is 0. The van der Waals surface area contributed by atoms with Crippen LogP contribution in [-0.2, 0) is 0 Å². The summed E-state index contributed by atoms with van der Waals surface area (Å²) in [7, 11) is 0. The van der Waals surface area contributed by atoms with E-state index >= 15 is 0 Å². The summed E-state index contributed by atoms with van der Waals surface area (Å²) in [6.07, 6.45) is 6.38. The van der Waals surface area contributed by atoms with E-state index in [1.165, 1.54) is 25.7 Å². The fourth-order valence-corrected chi connectivity index (χ4v) is 2.74. The Morgan fingerprint density at radius 3 is 2.06 bits per heavy atom. The Hall–Kier alpha value is -0.140. The highest BCUT2D eigenvalue weighted by Crippen LogP contribution is 2.63. The maximum atomic E-state index is 13.0. The molecule has 0 N–H and O–H groups in total. The molecule has 0 radical (unpaired) electrons. The van der Waals surface area contributed by atoms with Crippen LogP contribution in [0.3, 0.4) is 0 Å². The van der Waals surface area contributed by atoms with Gasteiger partial charge in [0.2, 0.25) is 6.43 Å². The van der Waals surface area contributed by atoms with Gasteiger partial charge in [-0.05, 0) is 24.7 Å². The van der Waals surface area contributed by atoms with Gasteiger partial charge in [-0.2, -0.15) is 0 Å². The van der Waals surface area contributed by atoms with Crippen molar-refractivity contribution in [1.29, 1.82) is 0 Å². The van der Waals surface area contributed by atoms with Gasteiger partial charge in [-0.25, -0.2) is 8.78 Å². The molecule has 1 rings (SSSR count). The van der Waals surface area contributed by atoms with Crippen LogP contribution in [0.25, 0.3) is 0 Å². The molecule has 0 aromatic carbocycles. The van der Waals surface area contributed by atoms with Crippen molar-refractivity contribution in [2.45, 2.75) is 78.6 Å². The van der Waals surface area contributed by atoms with Crippen molar-refractivity contribution in [3.8, 4) is 0 Å². The summed E-state index contributed by atoms with van der Waals surface area (Å²) < 4.78 is 26.0. The van der Waals surface area contributed by atoms with E-state index in [2.05, 4.69) is 6.92 Å². The van der Waals surface area contributed by atoms with Crippen LogP contribution in [0.5, 0.6) is 0 Å². The predicted molar refractivity (Wildman–Crippen MR) is 64.8 cm³/mol. The number of unbranched alkanes of at least 4 members (excludes halogenated alkanes) is 4. The topological polar surface area (TPSA) is 0 Å². The molecule has 0 aromatic rings. The number of halogens is 2. The van der Waals surface area contributed by atoms with Crippen molar-refractivity contribution in [1.82, 2.24) is 0 Å². The maximum absolute atomic E-state index is 13.0. The standard InChI is InChI=1S/C14H26F2/c1-4-5-6-7-8-9-13(2,3)14(10-11-14)12(15)16/h12H,4-11H2,1-3H3. The highest BCUT2D eigenvalue weighted by Gasteiger charge is 2.60. The Labute approximate surface area is 98.8 Å². The number of rotatable bonds is 8. The van der Waals surface area contributed by atoms with Crippen molar-refractivity contribution >= 4 is 0 Å². The second-order valence-corrected chi connectivity index (χ2v) is 6.00. The van der Waals surface area contributed by atoms with E-state index in [9.17, 15) is 8.78 Å². The van der Waals surface area contributed by atoms with Gasteiger partial charge >= 0.3 is 0 Å². The molecule has 16 heavy (non-hydrogen) atoms. The first-order chi connectivity index (χ1) is 7.46. The van der Waals surface area contributed by atoms with Crippen molar-refractivity contribution in [3.05, 3.63) is 0 Å². The van der Waals surface area contributed by atoms with Crippen molar-refractivity contribution < 1.29 is 8.78 Å². The molecule has 1 aliphatic carbocycles. The molecule has 0 aromatic heterocycles. The summed E-state index contributed by atoms with van der Waals surface area (Å²) in [4.78, 5) is 0. The monoisotopic (exact) mass is 232 g/mol. The van der Waals surface area contributed by atoms with E-state index in [0.717, 1.165) is 25.7 Å². The van der Waals surface area contributed by atoms with Gasteiger partial charge in [-0.1, -0.05) is 52.9 Å². The third kappa shape index (κ3) is 2.95. The molecule has 1 fully saturated rings. The van der Waals surface area contributed by atoms with Crippen LogP contribution in [0.4, 0.5) is 8.78 Å². The lowest BCUT2D eigenvalue weighted by Crippen LogP contribution is -2.31. The van der Waals surface area contributed by atoms with Gasteiger partial charge in [0.1, 0.15) is 0 Å².